The highest BCUT2D eigenvalue weighted by atomic mass is 79.9. The molecule has 2 aromatic rings. The molecule has 1 atom stereocenters. The smallest absolute Gasteiger partial charge is 0.193 e. The monoisotopic (exact) mass is 326 g/mol. The van der Waals surface area contributed by atoms with Crippen LogP contribution < -0.4 is 4.74 Å². The Morgan fingerprint density at radius 2 is 2.11 bits per heavy atom. The van der Waals surface area contributed by atoms with Gasteiger partial charge in [0.2, 0.25) is 0 Å². The van der Waals surface area contributed by atoms with Crippen LogP contribution in [0.5, 0.6) is 5.75 Å². The highest BCUT2D eigenvalue weighted by Crippen LogP contribution is 2.36. The fourth-order valence-electron chi connectivity index (χ4n) is 2.17. The number of benzene rings is 1. The molecule has 0 N–H and O–H groups in total. The summed E-state index contributed by atoms with van der Waals surface area (Å²) in [4.78, 5) is 0.0252. The van der Waals surface area contributed by atoms with Crippen molar-refractivity contribution in [3.63, 3.8) is 0 Å². The maximum Gasteiger partial charge on any atom is 0.193 e. The Kier molecular flexibility index (Phi) is 3.35. The van der Waals surface area contributed by atoms with Gasteiger partial charge in [0.25, 0.3) is 0 Å². The molecule has 3 rings (SSSR count). The van der Waals surface area contributed by atoms with Crippen LogP contribution in [0.25, 0.3) is 0 Å². The van der Waals surface area contributed by atoms with Crippen molar-refractivity contribution in [3.8, 4) is 5.75 Å². The van der Waals surface area contributed by atoms with E-state index in [1.807, 2.05) is 12.1 Å². The lowest BCUT2D eigenvalue weighted by Crippen LogP contribution is -2.08. The molecule has 1 aliphatic rings. The van der Waals surface area contributed by atoms with Gasteiger partial charge in [-0.1, -0.05) is 28.1 Å². The van der Waals surface area contributed by atoms with Crippen molar-refractivity contribution in [1.29, 1.82) is 0 Å². The van der Waals surface area contributed by atoms with E-state index in [2.05, 4.69) is 28.1 Å². The largest absolute Gasteiger partial charge is 0.493 e. The quantitative estimate of drug-likeness (QED) is 0.743. The normalized spacial score (nSPS) is 15.9. The third kappa shape index (κ3) is 2.29. The molecule has 0 bridgehead atoms. The summed E-state index contributed by atoms with van der Waals surface area (Å²) in [5.41, 5.74) is 2.42. The van der Waals surface area contributed by atoms with E-state index in [1.54, 1.807) is 6.07 Å². The standard InChI is InChI=1S/C14H12BrClO2/c15-14(12-5-6-13(16)18-12)10-3-4-11-9(8-10)2-1-7-17-11/h3-6,8,14H,1-2,7H2. The molecule has 0 aliphatic carbocycles. The Hall–Kier alpha value is -0.930. The number of hydrogen-bond acceptors (Lipinski definition) is 2. The first-order valence-corrected chi connectivity index (χ1v) is 7.18. The fraction of sp³-hybridized carbons (Fsp3) is 0.286. The molecule has 0 amide bonds. The molecule has 4 heteroatoms. The Labute approximate surface area is 119 Å². The van der Waals surface area contributed by atoms with Gasteiger partial charge in [-0.05, 0) is 53.8 Å². The molecule has 1 aromatic heterocycles. The molecule has 1 aromatic carbocycles. The first-order valence-electron chi connectivity index (χ1n) is 5.89. The third-order valence-electron chi connectivity index (χ3n) is 3.07. The van der Waals surface area contributed by atoms with Gasteiger partial charge in [-0.25, -0.2) is 0 Å². The topological polar surface area (TPSA) is 22.4 Å². The van der Waals surface area contributed by atoms with Gasteiger partial charge in [-0.15, -0.1) is 0 Å². The summed E-state index contributed by atoms with van der Waals surface area (Å²) in [6, 6.07) is 9.90. The third-order valence-corrected chi connectivity index (χ3v) is 4.25. The van der Waals surface area contributed by atoms with Gasteiger partial charge in [-0.2, -0.15) is 0 Å². The van der Waals surface area contributed by atoms with Gasteiger partial charge in [0.15, 0.2) is 5.22 Å². The maximum atomic E-state index is 5.80. The van der Waals surface area contributed by atoms with Crippen LogP contribution in [-0.4, -0.2) is 6.61 Å². The average molecular weight is 328 g/mol. The summed E-state index contributed by atoms with van der Waals surface area (Å²) in [6.45, 7) is 0.817. The predicted molar refractivity (Wildman–Crippen MR) is 74.7 cm³/mol. The minimum atomic E-state index is 0.0252. The molecular formula is C14H12BrClO2. The number of alkyl halides is 1. The zero-order valence-corrected chi connectivity index (χ0v) is 12.0. The SMILES string of the molecule is Clc1ccc(C(Br)c2ccc3c(c2)CCCO3)o1. The molecule has 0 saturated carbocycles. The van der Waals surface area contributed by atoms with Gasteiger partial charge in [0.1, 0.15) is 11.5 Å². The van der Waals surface area contributed by atoms with E-state index in [0.29, 0.717) is 5.22 Å². The van der Waals surface area contributed by atoms with Crippen molar-refractivity contribution in [2.45, 2.75) is 17.7 Å². The van der Waals surface area contributed by atoms with Crippen LogP contribution >= 0.6 is 27.5 Å². The van der Waals surface area contributed by atoms with Gasteiger partial charge in [0.05, 0.1) is 11.4 Å². The van der Waals surface area contributed by atoms with Gasteiger partial charge < -0.3 is 9.15 Å². The Bertz CT molecular complexity index is 565. The van der Waals surface area contributed by atoms with Crippen LogP contribution in [0.4, 0.5) is 0 Å². The minimum absolute atomic E-state index is 0.0252. The lowest BCUT2D eigenvalue weighted by Gasteiger charge is -2.18. The zero-order valence-electron chi connectivity index (χ0n) is 9.66. The van der Waals surface area contributed by atoms with E-state index in [0.717, 1.165) is 36.5 Å². The summed E-state index contributed by atoms with van der Waals surface area (Å²) in [5, 5.41) is 0.413. The summed E-state index contributed by atoms with van der Waals surface area (Å²) in [5.74, 6) is 1.82. The minimum Gasteiger partial charge on any atom is -0.493 e. The van der Waals surface area contributed by atoms with Crippen LogP contribution in [-0.2, 0) is 6.42 Å². The summed E-state index contributed by atoms with van der Waals surface area (Å²) in [6.07, 6.45) is 2.15. The second kappa shape index (κ2) is 4.98. The molecule has 2 nitrogen and oxygen atoms in total. The molecule has 0 saturated heterocycles. The van der Waals surface area contributed by atoms with Crippen LogP contribution in [0.15, 0.2) is 34.7 Å². The van der Waals surface area contributed by atoms with Crippen LogP contribution in [0.2, 0.25) is 5.22 Å². The first kappa shape index (κ1) is 12.1. The van der Waals surface area contributed by atoms with E-state index in [9.17, 15) is 0 Å². The molecule has 2 heterocycles. The molecule has 0 radical (unpaired) electrons. The number of fused-ring (bicyclic) bond motifs is 1. The molecule has 18 heavy (non-hydrogen) atoms. The summed E-state index contributed by atoms with van der Waals surface area (Å²) >= 11 is 9.44. The van der Waals surface area contributed by atoms with E-state index in [1.165, 1.54) is 5.56 Å². The molecule has 1 unspecified atom stereocenters. The van der Waals surface area contributed by atoms with Gasteiger partial charge in [-0.3, -0.25) is 0 Å². The van der Waals surface area contributed by atoms with E-state index >= 15 is 0 Å². The van der Waals surface area contributed by atoms with Gasteiger partial charge in [0, 0.05) is 0 Å². The van der Waals surface area contributed by atoms with Crippen molar-refractivity contribution in [2.75, 3.05) is 6.61 Å². The van der Waals surface area contributed by atoms with Crippen LogP contribution in [0, 0.1) is 0 Å². The number of aryl methyl sites for hydroxylation is 1. The number of ether oxygens (including phenoxy) is 1. The highest BCUT2D eigenvalue weighted by molar-refractivity contribution is 9.09. The number of furan rings is 1. The van der Waals surface area contributed by atoms with Crippen molar-refractivity contribution in [1.82, 2.24) is 0 Å². The first-order chi connectivity index (χ1) is 8.74. The second-order valence-corrected chi connectivity index (χ2v) is 5.61. The lowest BCUT2D eigenvalue weighted by atomic mass is 10.0. The molecule has 1 aliphatic heterocycles. The number of hydrogen-bond donors (Lipinski definition) is 0. The van der Waals surface area contributed by atoms with Crippen LogP contribution in [0.3, 0.4) is 0 Å². The molecule has 0 spiro atoms. The Morgan fingerprint density at radius 1 is 1.22 bits per heavy atom. The van der Waals surface area contributed by atoms with Crippen molar-refractivity contribution >= 4 is 27.5 Å². The van der Waals surface area contributed by atoms with Gasteiger partial charge >= 0.3 is 0 Å². The van der Waals surface area contributed by atoms with Crippen molar-refractivity contribution in [3.05, 3.63) is 52.4 Å². The number of halogens is 2. The molecule has 94 valence electrons. The second-order valence-electron chi connectivity index (χ2n) is 4.32. The van der Waals surface area contributed by atoms with Crippen molar-refractivity contribution in [2.24, 2.45) is 0 Å². The van der Waals surface area contributed by atoms with Crippen molar-refractivity contribution < 1.29 is 9.15 Å². The molecule has 0 fully saturated rings. The van der Waals surface area contributed by atoms with E-state index in [4.69, 9.17) is 20.8 Å². The zero-order chi connectivity index (χ0) is 12.5. The average Bonchev–Trinajstić information content (AvgIpc) is 2.84. The predicted octanol–water partition coefficient (Wildman–Crippen LogP) is 4.74. The van der Waals surface area contributed by atoms with E-state index in [-0.39, 0.29) is 4.83 Å². The Morgan fingerprint density at radius 3 is 2.89 bits per heavy atom. The van der Waals surface area contributed by atoms with Crippen LogP contribution in [0.1, 0.15) is 28.1 Å². The maximum absolute atomic E-state index is 5.80. The lowest BCUT2D eigenvalue weighted by molar-refractivity contribution is 0.288. The fourth-order valence-corrected chi connectivity index (χ4v) is 2.85. The summed E-state index contributed by atoms with van der Waals surface area (Å²) in [7, 11) is 0. The Balaban J connectivity index is 1.92. The summed E-state index contributed by atoms with van der Waals surface area (Å²) < 4.78 is 11.0. The van der Waals surface area contributed by atoms with E-state index < -0.39 is 0 Å². The molecular weight excluding hydrogens is 316 g/mol. The number of rotatable bonds is 2. The highest BCUT2D eigenvalue weighted by Gasteiger charge is 2.17.